The smallest absolute Gasteiger partial charge is 0.237 e. The van der Waals surface area contributed by atoms with Gasteiger partial charge in [0, 0.05) is 11.4 Å². The molecule has 0 aliphatic heterocycles. The first-order valence-electron chi connectivity index (χ1n) is 7.90. The Labute approximate surface area is 159 Å². The van der Waals surface area contributed by atoms with Crippen LogP contribution in [-0.2, 0) is 4.79 Å². The van der Waals surface area contributed by atoms with E-state index < -0.39 is 5.25 Å². The van der Waals surface area contributed by atoms with Crippen LogP contribution in [-0.4, -0.2) is 21.4 Å². The van der Waals surface area contributed by atoms with E-state index in [0.29, 0.717) is 20.7 Å². The number of carbonyl (C=O) groups is 1. The molecule has 1 amide bonds. The number of nitrogens with zero attached hydrogens (tertiary/aromatic N) is 2. The van der Waals surface area contributed by atoms with Crippen molar-refractivity contribution in [1.82, 2.24) is 10.2 Å². The topological polar surface area (TPSA) is 66.9 Å². The quantitative estimate of drug-likeness (QED) is 0.591. The van der Waals surface area contributed by atoms with Gasteiger partial charge in [0.15, 0.2) is 4.34 Å². The van der Waals surface area contributed by atoms with Crippen LogP contribution in [0.3, 0.4) is 0 Å². The largest absolute Gasteiger partial charge is 0.330 e. The number of nitrogens with one attached hydrogen (secondary N) is 2. The number of carbonyl (C=O) groups excluding carboxylic acids is 1. The fourth-order valence-electron chi connectivity index (χ4n) is 2.07. The van der Waals surface area contributed by atoms with Crippen LogP contribution in [0.4, 0.5) is 20.9 Å². The number of rotatable bonds is 6. The second-order valence-corrected chi connectivity index (χ2v) is 8.14. The third-order valence-electron chi connectivity index (χ3n) is 3.52. The van der Waals surface area contributed by atoms with Crippen LogP contribution in [0.25, 0.3) is 0 Å². The van der Waals surface area contributed by atoms with Gasteiger partial charge in [0.2, 0.25) is 11.0 Å². The Kier molecular flexibility index (Phi) is 5.85. The van der Waals surface area contributed by atoms with E-state index >= 15 is 0 Å². The monoisotopic (exact) mass is 388 g/mol. The summed E-state index contributed by atoms with van der Waals surface area (Å²) in [6.07, 6.45) is 0. The predicted octanol–water partition coefficient (Wildman–Crippen LogP) is 4.85. The molecule has 0 aliphatic rings. The Bertz CT molecular complexity index is 901. The van der Waals surface area contributed by atoms with Crippen molar-refractivity contribution in [3.8, 4) is 0 Å². The Hall–Kier alpha value is -2.45. The zero-order chi connectivity index (χ0) is 18.5. The Morgan fingerprint density at radius 3 is 2.65 bits per heavy atom. The number of aryl methyl sites for hydroxylation is 1. The summed E-state index contributed by atoms with van der Waals surface area (Å²) in [5, 5.41) is 14.3. The molecule has 1 atom stereocenters. The first-order chi connectivity index (χ1) is 12.5. The molecule has 0 saturated heterocycles. The molecule has 5 nitrogen and oxygen atoms in total. The van der Waals surface area contributed by atoms with Gasteiger partial charge in [-0.25, -0.2) is 4.39 Å². The van der Waals surface area contributed by atoms with Gasteiger partial charge >= 0.3 is 0 Å². The summed E-state index contributed by atoms with van der Waals surface area (Å²) in [5.74, 6) is -0.560. The normalized spacial score (nSPS) is 11.8. The maximum atomic E-state index is 13.6. The zero-order valence-corrected chi connectivity index (χ0v) is 15.8. The minimum atomic E-state index is -0.392. The van der Waals surface area contributed by atoms with Crippen molar-refractivity contribution in [3.63, 3.8) is 0 Å². The van der Waals surface area contributed by atoms with Crippen molar-refractivity contribution in [2.45, 2.75) is 23.4 Å². The average molecular weight is 388 g/mol. The molecule has 0 bridgehead atoms. The minimum Gasteiger partial charge on any atom is -0.330 e. The molecule has 2 N–H and O–H groups in total. The Morgan fingerprint density at radius 1 is 1.15 bits per heavy atom. The molecular formula is C18H17FN4OS2. The van der Waals surface area contributed by atoms with Gasteiger partial charge in [-0.15, -0.1) is 10.2 Å². The van der Waals surface area contributed by atoms with Crippen molar-refractivity contribution < 1.29 is 9.18 Å². The van der Waals surface area contributed by atoms with Crippen LogP contribution < -0.4 is 10.6 Å². The lowest BCUT2D eigenvalue weighted by atomic mass is 10.2. The highest BCUT2D eigenvalue weighted by molar-refractivity contribution is 8.02. The van der Waals surface area contributed by atoms with Crippen molar-refractivity contribution in [1.29, 1.82) is 0 Å². The van der Waals surface area contributed by atoms with Crippen LogP contribution in [0.5, 0.6) is 0 Å². The van der Waals surface area contributed by atoms with E-state index in [4.69, 9.17) is 0 Å². The van der Waals surface area contributed by atoms with Crippen LogP contribution >= 0.6 is 23.1 Å². The van der Waals surface area contributed by atoms with Gasteiger partial charge in [0.05, 0.1) is 5.25 Å². The van der Waals surface area contributed by atoms with E-state index in [2.05, 4.69) is 20.8 Å². The summed E-state index contributed by atoms with van der Waals surface area (Å²) in [4.78, 5) is 12.3. The molecule has 26 heavy (non-hydrogen) atoms. The van der Waals surface area contributed by atoms with Crippen LogP contribution in [0, 0.1) is 12.7 Å². The standard InChI is InChI=1S/C18H17FN4OS2/c1-11-8-9-14(10-15(11)19)20-16(24)12(2)25-18-23-22-17(26-18)21-13-6-4-3-5-7-13/h3-10,12H,1-2H3,(H,20,24)(H,21,22). The zero-order valence-electron chi connectivity index (χ0n) is 14.2. The fourth-order valence-corrected chi connectivity index (χ4v) is 3.99. The van der Waals surface area contributed by atoms with E-state index in [-0.39, 0.29) is 11.7 Å². The van der Waals surface area contributed by atoms with Crippen molar-refractivity contribution >= 4 is 45.5 Å². The Balaban J connectivity index is 1.58. The molecule has 2 aromatic carbocycles. The van der Waals surface area contributed by atoms with E-state index in [1.165, 1.54) is 29.2 Å². The molecule has 8 heteroatoms. The van der Waals surface area contributed by atoms with Crippen LogP contribution in [0.1, 0.15) is 12.5 Å². The van der Waals surface area contributed by atoms with E-state index in [1.807, 2.05) is 30.3 Å². The van der Waals surface area contributed by atoms with Gasteiger partial charge in [-0.3, -0.25) is 4.79 Å². The lowest BCUT2D eigenvalue weighted by Crippen LogP contribution is -2.22. The van der Waals surface area contributed by atoms with Crippen LogP contribution in [0.15, 0.2) is 52.9 Å². The fraction of sp³-hybridized carbons (Fsp3) is 0.167. The molecular weight excluding hydrogens is 371 g/mol. The van der Waals surface area contributed by atoms with Gasteiger partial charge in [0.25, 0.3) is 0 Å². The Morgan fingerprint density at radius 2 is 1.92 bits per heavy atom. The number of anilines is 3. The second kappa shape index (κ2) is 8.29. The average Bonchev–Trinajstić information content (AvgIpc) is 3.06. The molecule has 0 fully saturated rings. The molecule has 1 unspecified atom stereocenters. The van der Waals surface area contributed by atoms with Gasteiger partial charge in [-0.1, -0.05) is 47.4 Å². The lowest BCUT2D eigenvalue weighted by molar-refractivity contribution is -0.115. The highest BCUT2D eigenvalue weighted by Crippen LogP contribution is 2.30. The number of para-hydroxylation sites is 1. The third kappa shape index (κ3) is 4.80. The van der Waals surface area contributed by atoms with Gasteiger partial charge < -0.3 is 10.6 Å². The third-order valence-corrected chi connectivity index (χ3v) is 5.54. The number of halogens is 1. The molecule has 0 spiro atoms. The molecule has 0 saturated carbocycles. The summed E-state index contributed by atoms with van der Waals surface area (Å²) >= 11 is 2.68. The summed E-state index contributed by atoms with van der Waals surface area (Å²) < 4.78 is 14.3. The van der Waals surface area contributed by atoms with Gasteiger partial charge in [-0.05, 0) is 43.7 Å². The molecule has 1 heterocycles. The molecule has 0 radical (unpaired) electrons. The molecule has 3 aromatic rings. The summed E-state index contributed by atoms with van der Waals surface area (Å²) in [6, 6.07) is 14.3. The molecule has 1 aromatic heterocycles. The van der Waals surface area contributed by atoms with Crippen molar-refractivity contribution in [3.05, 3.63) is 59.9 Å². The minimum absolute atomic E-state index is 0.217. The van der Waals surface area contributed by atoms with Gasteiger partial charge in [-0.2, -0.15) is 0 Å². The molecule has 134 valence electrons. The first kappa shape index (κ1) is 18.3. The highest BCUT2D eigenvalue weighted by Gasteiger charge is 2.18. The number of thioether (sulfide) groups is 1. The summed E-state index contributed by atoms with van der Waals surface area (Å²) in [6.45, 7) is 3.45. The van der Waals surface area contributed by atoms with E-state index in [1.54, 1.807) is 26.0 Å². The van der Waals surface area contributed by atoms with Gasteiger partial charge in [0.1, 0.15) is 5.82 Å². The number of hydrogen-bond acceptors (Lipinski definition) is 6. The lowest BCUT2D eigenvalue weighted by Gasteiger charge is -2.10. The first-order valence-corrected chi connectivity index (χ1v) is 9.60. The van der Waals surface area contributed by atoms with Crippen LogP contribution in [0.2, 0.25) is 0 Å². The van der Waals surface area contributed by atoms with E-state index in [9.17, 15) is 9.18 Å². The summed E-state index contributed by atoms with van der Waals surface area (Å²) in [7, 11) is 0. The molecule has 3 rings (SSSR count). The van der Waals surface area contributed by atoms with E-state index in [0.717, 1.165) is 5.69 Å². The number of benzene rings is 2. The maximum Gasteiger partial charge on any atom is 0.237 e. The maximum absolute atomic E-state index is 13.6. The molecule has 0 aliphatic carbocycles. The SMILES string of the molecule is Cc1ccc(NC(=O)C(C)Sc2nnc(Nc3ccccc3)s2)cc1F. The highest BCUT2D eigenvalue weighted by atomic mass is 32.2. The second-order valence-electron chi connectivity index (χ2n) is 5.58. The number of amides is 1. The summed E-state index contributed by atoms with van der Waals surface area (Å²) in [5.41, 5.74) is 1.90. The predicted molar refractivity (Wildman–Crippen MR) is 105 cm³/mol. The number of aromatic nitrogens is 2. The number of hydrogen-bond donors (Lipinski definition) is 2. The van der Waals surface area contributed by atoms with Crippen molar-refractivity contribution in [2.75, 3.05) is 10.6 Å². The van der Waals surface area contributed by atoms with Crippen molar-refractivity contribution in [2.24, 2.45) is 0 Å².